The van der Waals surface area contributed by atoms with E-state index < -0.39 is 0 Å². The number of rotatable bonds is 0. The second kappa shape index (κ2) is 6.76. The van der Waals surface area contributed by atoms with Gasteiger partial charge in [-0.2, -0.15) is 0 Å². The molecule has 34 heavy (non-hydrogen) atoms. The molecule has 2 aliphatic rings. The molecule has 0 atom stereocenters. The van der Waals surface area contributed by atoms with Crippen LogP contribution in [0.2, 0.25) is 0 Å². The van der Waals surface area contributed by atoms with E-state index in [4.69, 9.17) is 8.83 Å². The summed E-state index contributed by atoms with van der Waals surface area (Å²) in [6.07, 6.45) is 0. The van der Waals surface area contributed by atoms with Gasteiger partial charge in [-0.15, -0.1) is 0 Å². The van der Waals surface area contributed by atoms with E-state index in [9.17, 15) is 0 Å². The van der Waals surface area contributed by atoms with Gasteiger partial charge in [0.05, 0.1) is 8.95 Å². The van der Waals surface area contributed by atoms with E-state index in [2.05, 4.69) is 124 Å². The normalized spacial score (nSPS) is 12.7. The largest absolute Gasteiger partial charge is 0.454 e. The third-order valence-corrected chi connectivity index (χ3v) is 9.30. The predicted molar refractivity (Wildman–Crippen MR) is 155 cm³/mol. The zero-order valence-corrected chi connectivity index (χ0v) is 23.4. The van der Waals surface area contributed by atoms with Gasteiger partial charge in [-0.3, -0.25) is 0 Å². The van der Waals surface area contributed by atoms with Gasteiger partial charge < -0.3 is 8.83 Å². The SMILES string of the molecule is Brc1cc(Br)c2c3ccccc3c3oc4c(Br)cc(Br)c5c6ccccc6c6oc1c2c3-c6c45. The van der Waals surface area contributed by atoms with Gasteiger partial charge in [-0.1, -0.05) is 80.4 Å². The third-order valence-electron chi connectivity index (χ3n) is 6.87. The number of fused-ring (bicyclic) bond motifs is 6. The first-order chi connectivity index (χ1) is 16.5. The fourth-order valence-corrected chi connectivity index (χ4v) is 8.51. The Bertz CT molecular complexity index is 1960. The Labute approximate surface area is 226 Å². The van der Waals surface area contributed by atoms with Gasteiger partial charge >= 0.3 is 0 Å². The van der Waals surface area contributed by atoms with Crippen molar-refractivity contribution >= 4 is 129 Å². The van der Waals surface area contributed by atoms with Crippen LogP contribution in [0, 0.1) is 0 Å². The molecule has 0 saturated carbocycles. The molecule has 0 unspecified atom stereocenters. The summed E-state index contributed by atoms with van der Waals surface area (Å²) in [6.45, 7) is 0. The average molecular weight is 698 g/mol. The molecule has 0 amide bonds. The maximum atomic E-state index is 6.81. The molecule has 2 nitrogen and oxygen atoms in total. The molecule has 2 heterocycles. The van der Waals surface area contributed by atoms with Crippen LogP contribution in [-0.4, -0.2) is 0 Å². The number of benzene rings is 6. The molecule has 0 fully saturated rings. The Balaban J connectivity index is 1.88. The molecule has 6 heteroatoms. The lowest BCUT2D eigenvalue weighted by Crippen LogP contribution is -1.98. The predicted octanol–water partition coefficient (Wildman–Crippen LogP) is 11.4. The van der Waals surface area contributed by atoms with Gasteiger partial charge in [-0.25, -0.2) is 0 Å². The topological polar surface area (TPSA) is 26.3 Å². The molecule has 0 N–H and O–H groups in total. The van der Waals surface area contributed by atoms with Crippen LogP contribution in [0.5, 0.6) is 0 Å². The summed E-state index contributed by atoms with van der Waals surface area (Å²) in [6, 6.07) is 21.0. The number of hydrogen-bond acceptors (Lipinski definition) is 2. The van der Waals surface area contributed by atoms with E-state index in [-0.39, 0.29) is 0 Å². The van der Waals surface area contributed by atoms with E-state index in [1.165, 1.54) is 0 Å². The first-order valence-electron chi connectivity index (χ1n) is 10.6. The smallest absolute Gasteiger partial charge is 0.150 e. The van der Waals surface area contributed by atoms with Crippen molar-refractivity contribution in [2.75, 3.05) is 0 Å². The average Bonchev–Trinajstić information content (AvgIpc) is 2.84. The van der Waals surface area contributed by atoms with Crippen molar-refractivity contribution in [2.24, 2.45) is 0 Å². The van der Waals surface area contributed by atoms with Crippen LogP contribution in [-0.2, 0) is 0 Å². The van der Waals surface area contributed by atoms with Crippen LogP contribution in [0.25, 0.3) is 76.5 Å². The second-order valence-electron chi connectivity index (χ2n) is 8.54. The molecule has 0 saturated heterocycles. The highest BCUT2D eigenvalue weighted by atomic mass is 79.9. The number of halogens is 4. The quantitative estimate of drug-likeness (QED) is 0.116. The Kier molecular flexibility index (Phi) is 4.00. The van der Waals surface area contributed by atoms with Gasteiger partial charge in [0, 0.05) is 52.4 Å². The van der Waals surface area contributed by atoms with Crippen molar-refractivity contribution in [3.05, 3.63) is 78.6 Å². The van der Waals surface area contributed by atoms with Gasteiger partial charge in [0.1, 0.15) is 22.3 Å². The monoisotopic (exact) mass is 694 g/mol. The van der Waals surface area contributed by atoms with Gasteiger partial charge in [-0.05, 0) is 54.8 Å². The summed E-state index contributed by atoms with van der Waals surface area (Å²) in [7, 11) is 0. The van der Waals surface area contributed by atoms with Crippen molar-refractivity contribution < 1.29 is 8.83 Å². The molecule has 6 aromatic carbocycles. The van der Waals surface area contributed by atoms with Gasteiger partial charge in [0.25, 0.3) is 0 Å². The number of hydrogen-bond donors (Lipinski definition) is 0. The summed E-state index contributed by atoms with van der Waals surface area (Å²) >= 11 is 15.2. The summed E-state index contributed by atoms with van der Waals surface area (Å²) in [4.78, 5) is 0. The first-order valence-corrected chi connectivity index (χ1v) is 13.8. The minimum atomic E-state index is 0.818. The molecule has 0 spiro atoms. The van der Waals surface area contributed by atoms with Crippen LogP contribution in [0.3, 0.4) is 0 Å². The Hall–Kier alpha value is -2.12. The van der Waals surface area contributed by atoms with E-state index in [0.29, 0.717) is 0 Å². The highest BCUT2D eigenvalue weighted by molar-refractivity contribution is 9.11. The van der Waals surface area contributed by atoms with E-state index >= 15 is 0 Å². The molecule has 6 aromatic rings. The van der Waals surface area contributed by atoms with Crippen LogP contribution in [0.4, 0.5) is 0 Å². The van der Waals surface area contributed by atoms with Gasteiger partial charge in [0.2, 0.25) is 0 Å². The molecule has 8 rings (SSSR count). The van der Waals surface area contributed by atoms with Crippen LogP contribution in [0.1, 0.15) is 0 Å². The first kappa shape index (κ1) is 20.1. The van der Waals surface area contributed by atoms with Crippen LogP contribution < -0.4 is 0 Å². The molecule has 2 aliphatic heterocycles. The Morgan fingerprint density at radius 1 is 0.412 bits per heavy atom. The fraction of sp³-hybridized carbons (Fsp3) is 0. The zero-order valence-electron chi connectivity index (χ0n) is 17.1. The minimum absolute atomic E-state index is 0.818. The molecule has 162 valence electrons. The summed E-state index contributed by atoms with van der Waals surface area (Å²) in [5.74, 6) is 0. The maximum absolute atomic E-state index is 6.81. The van der Waals surface area contributed by atoms with Crippen molar-refractivity contribution in [1.82, 2.24) is 0 Å². The molecule has 0 aromatic heterocycles. The summed E-state index contributed by atoms with van der Waals surface area (Å²) in [5, 5.41) is 8.76. The standard InChI is InChI=1S/C28H10Br4O2/c29-15-9-17(31)27-21-19(15)11-5-1-3-7-13(11)25-23(21)24-22-20(16(30)10-18(32)28(22)33-25)12-6-2-4-8-14(12)26(24)34-27/h1-10H. The van der Waals surface area contributed by atoms with Crippen LogP contribution >= 0.6 is 63.7 Å². The zero-order chi connectivity index (χ0) is 22.9. The third kappa shape index (κ3) is 2.31. The molecule has 0 aliphatic carbocycles. The van der Waals surface area contributed by atoms with E-state index in [0.717, 1.165) is 94.4 Å². The van der Waals surface area contributed by atoms with E-state index in [1.54, 1.807) is 0 Å². The minimum Gasteiger partial charge on any atom is -0.454 e. The van der Waals surface area contributed by atoms with Crippen molar-refractivity contribution in [1.29, 1.82) is 0 Å². The van der Waals surface area contributed by atoms with Crippen molar-refractivity contribution in [3.63, 3.8) is 0 Å². The Morgan fingerprint density at radius 2 is 0.794 bits per heavy atom. The highest BCUT2D eigenvalue weighted by Gasteiger charge is 2.31. The van der Waals surface area contributed by atoms with Crippen molar-refractivity contribution in [3.8, 4) is 11.1 Å². The molecule has 0 bridgehead atoms. The van der Waals surface area contributed by atoms with Crippen LogP contribution in [0.15, 0.2) is 87.4 Å². The lowest BCUT2D eigenvalue weighted by molar-refractivity contribution is 0.648. The molecule has 0 radical (unpaired) electrons. The summed E-state index contributed by atoms with van der Waals surface area (Å²) in [5.41, 5.74) is 5.54. The van der Waals surface area contributed by atoms with Crippen molar-refractivity contribution in [2.45, 2.75) is 0 Å². The van der Waals surface area contributed by atoms with E-state index in [1.807, 2.05) is 0 Å². The maximum Gasteiger partial charge on any atom is 0.150 e. The highest BCUT2D eigenvalue weighted by Crippen LogP contribution is 2.56. The lowest BCUT2D eigenvalue weighted by atomic mass is 9.85. The second-order valence-corrected chi connectivity index (χ2v) is 12.0. The Morgan fingerprint density at radius 3 is 1.21 bits per heavy atom. The summed E-state index contributed by atoms with van der Waals surface area (Å²) < 4.78 is 17.5. The lowest BCUT2D eigenvalue weighted by Gasteiger charge is -2.24. The van der Waals surface area contributed by atoms with Gasteiger partial charge in [0.15, 0.2) is 0 Å². The fourth-order valence-electron chi connectivity index (χ4n) is 5.59. The molecular weight excluding hydrogens is 688 g/mol. The molecular formula is C28H10Br4O2.